The number of aromatic nitrogens is 2. The van der Waals surface area contributed by atoms with Crippen molar-refractivity contribution in [2.45, 2.75) is 13.1 Å². The normalized spacial score (nSPS) is 13.1. The van der Waals surface area contributed by atoms with Gasteiger partial charge in [-0.25, -0.2) is 19.2 Å². The fourth-order valence-corrected chi connectivity index (χ4v) is 2.92. The van der Waals surface area contributed by atoms with E-state index in [1.807, 2.05) is 24.3 Å². The van der Waals surface area contributed by atoms with Gasteiger partial charge >= 0.3 is 6.09 Å². The lowest BCUT2D eigenvalue weighted by Gasteiger charge is -2.27. The number of carbonyl (C=O) groups is 1. The summed E-state index contributed by atoms with van der Waals surface area (Å²) < 4.78 is 22.5. The number of ether oxygens (including phenoxy) is 2. The van der Waals surface area contributed by atoms with Gasteiger partial charge in [0.2, 0.25) is 6.86 Å². The smallest absolute Gasteiger partial charge is 0.415 e. The Balaban J connectivity index is 1.56. The van der Waals surface area contributed by atoms with Crippen LogP contribution in [-0.2, 0) is 13.1 Å². The minimum Gasteiger partial charge on any atom is -0.463 e. The molecule has 6 nitrogen and oxygen atoms in total. The molecule has 0 aliphatic carbocycles. The molecule has 0 bridgehead atoms. The highest BCUT2D eigenvalue weighted by molar-refractivity contribution is 5.75. The van der Waals surface area contributed by atoms with E-state index >= 15 is 0 Å². The van der Waals surface area contributed by atoms with Crippen molar-refractivity contribution >= 4 is 6.09 Å². The fourth-order valence-electron chi connectivity index (χ4n) is 2.92. The maximum Gasteiger partial charge on any atom is 0.415 e. The summed E-state index contributed by atoms with van der Waals surface area (Å²) >= 11 is 0. The third-order valence-electron chi connectivity index (χ3n) is 4.24. The maximum absolute atomic E-state index is 12.2. The third-order valence-corrected chi connectivity index (χ3v) is 4.24. The molecule has 0 saturated carbocycles. The summed E-state index contributed by atoms with van der Waals surface area (Å²) in [5, 5.41) is 0. The van der Waals surface area contributed by atoms with Crippen molar-refractivity contribution in [2.75, 3.05) is 6.86 Å². The molecule has 0 N–H and O–H groups in total. The molecule has 136 valence electrons. The van der Waals surface area contributed by atoms with Gasteiger partial charge in [0.1, 0.15) is 17.3 Å². The third kappa shape index (κ3) is 3.72. The van der Waals surface area contributed by atoms with Gasteiger partial charge < -0.3 is 9.47 Å². The quantitative estimate of drug-likeness (QED) is 0.685. The van der Waals surface area contributed by atoms with Gasteiger partial charge in [-0.1, -0.05) is 18.2 Å². The molecule has 7 heteroatoms. The van der Waals surface area contributed by atoms with E-state index in [0.717, 1.165) is 16.7 Å². The van der Waals surface area contributed by atoms with Crippen molar-refractivity contribution in [3.63, 3.8) is 0 Å². The van der Waals surface area contributed by atoms with Gasteiger partial charge in [-0.2, -0.15) is 0 Å². The molecule has 4 rings (SSSR count). The minimum atomic E-state index is -0.857. The Morgan fingerprint density at radius 1 is 1.07 bits per heavy atom. The maximum atomic E-state index is 12.2. The van der Waals surface area contributed by atoms with E-state index in [0.29, 0.717) is 23.9 Å². The monoisotopic (exact) mass is 365 g/mol. The van der Waals surface area contributed by atoms with Gasteiger partial charge in [0, 0.05) is 18.0 Å². The van der Waals surface area contributed by atoms with Crippen molar-refractivity contribution in [3.8, 4) is 22.6 Å². The number of amides is 1. The first-order chi connectivity index (χ1) is 13.2. The zero-order valence-corrected chi connectivity index (χ0v) is 14.3. The second kappa shape index (κ2) is 7.41. The number of nitrogens with zero attached hydrogens (tertiary/aromatic N) is 3. The van der Waals surface area contributed by atoms with E-state index in [1.165, 1.54) is 0 Å². The SMILES string of the molecule is O=C1Oc2ccc(-c3ccc(OCF)cc3)cc2CN1Cc1ncccn1. The number of rotatable bonds is 5. The first-order valence-corrected chi connectivity index (χ1v) is 8.38. The predicted octanol–water partition coefficient (Wildman–Crippen LogP) is 3.96. The number of fused-ring (bicyclic) bond motifs is 1. The average Bonchev–Trinajstić information content (AvgIpc) is 2.70. The molecule has 0 radical (unpaired) electrons. The lowest BCUT2D eigenvalue weighted by Crippen LogP contribution is -2.36. The summed E-state index contributed by atoms with van der Waals surface area (Å²) in [7, 11) is 0. The molecule has 1 aliphatic heterocycles. The van der Waals surface area contributed by atoms with Gasteiger partial charge in [0.25, 0.3) is 0 Å². The van der Waals surface area contributed by atoms with Crippen LogP contribution in [0.3, 0.4) is 0 Å². The first-order valence-electron chi connectivity index (χ1n) is 8.38. The Labute approximate surface area is 155 Å². The van der Waals surface area contributed by atoms with Gasteiger partial charge in [-0.15, -0.1) is 0 Å². The molecule has 1 aliphatic rings. The van der Waals surface area contributed by atoms with E-state index in [2.05, 4.69) is 9.97 Å². The fraction of sp³-hybridized carbons (Fsp3) is 0.150. The number of alkyl halides is 1. The Morgan fingerprint density at radius 2 is 1.81 bits per heavy atom. The van der Waals surface area contributed by atoms with E-state index in [4.69, 9.17) is 9.47 Å². The molecule has 0 fully saturated rings. The van der Waals surface area contributed by atoms with Crippen LogP contribution in [0.2, 0.25) is 0 Å². The highest BCUT2D eigenvalue weighted by Gasteiger charge is 2.26. The van der Waals surface area contributed by atoms with Crippen molar-refractivity contribution in [1.29, 1.82) is 0 Å². The second-order valence-corrected chi connectivity index (χ2v) is 5.99. The van der Waals surface area contributed by atoms with Crippen molar-refractivity contribution in [2.24, 2.45) is 0 Å². The second-order valence-electron chi connectivity index (χ2n) is 5.99. The predicted molar refractivity (Wildman–Crippen MR) is 95.8 cm³/mol. The van der Waals surface area contributed by atoms with Crippen LogP contribution in [0.25, 0.3) is 11.1 Å². The van der Waals surface area contributed by atoms with Crippen LogP contribution in [0, 0.1) is 0 Å². The van der Waals surface area contributed by atoms with Gasteiger partial charge in [0.15, 0.2) is 0 Å². The summed E-state index contributed by atoms with van der Waals surface area (Å²) in [6.07, 6.45) is 2.86. The molecule has 2 aromatic carbocycles. The Morgan fingerprint density at radius 3 is 2.56 bits per heavy atom. The van der Waals surface area contributed by atoms with E-state index < -0.39 is 13.0 Å². The number of hydrogen-bond acceptors (Lipinski definition) is 5. The average molecular weight is 365 g/mol. The molecule has 0 unspecified atom stereocenters. The largest absolute Gasteiger partial charge is 0.463 e. The lowest BCUT2D eigenvalue weighted by molar-refractivity contribution is 0.134. The summed E-state index contributed by atoms with van der Waals surface area (Å²) in [4.78, 5) is 22.1. The summed E-state index contributed by atoms with van der Waals surface area (Å²) in [5.74, 6) is 1.58. The number of carbonyl (C=O) groups excluding carboxylic acids is 1. The molecular weight excluding hydrogens is 349 g/mol. The molecule has 1 amide bonds. The van der Waals surface area contributed by atoms with Crippen LogP contribution < -0.4 is 9.47 Å². The van der Waals surface area contributed by atoms with Crippen molar-refractivity contribution in [3.05, 3.63) is 72.3 Å². The van der Waals surface area contributed by atoms with Crippen LogP contribution in [0.5, 0.6) is 11.5 Å². The highest BCUT2D eigenvalue weighted by Crippen LogP contribution is 2.32. The Kier molecular flexibility index (Phi) is 4.65. The van der Waals surface area contributed by atoms with E-state index in [1.54, 1.807) is 41.6 Å². The summed E-state index contributed by atoms with van der Waals surface area (Å²) in [5.41, 5.74) is 2.82. The lowest BCUT2D eigenvalue weighted by atomic mass is 10.0. The Hall–Kier alpha value is -3.48. The van der Waals surface area contributed by atoms with Crippen LogP contribution in [-0.4, -0.2) is 27.8 Å². The van der Waals surface area contributed by atoms with E-state index in [-0.39, 0.29) is 6.54 Å². The van der Waals surface area contributed by atoms with Crippen LogP contribution in [0.15, 0.2) is 60.9 Å². The Bertz CT molecular complexity index is 948. The molecule has 0 spiro atoms. The van der Waals surface area contributed by atoms with Gasteiger partial charge in [-0.3, -0.25) is 4.90 Å². The van der Waals surface area contributed by atoms with Crippen molar-refractivity contribution < 1.29 is 18.7 Å². The molecular formula is C20H16FN3O3. The summed E-state index contributed by atoms with van der Waals surface area (Å²) in [6.45, 7) is -0.174. The number of hydrogen-bond donors (Lipinski definition) is 0. The molecule has 27 heavy (non-hydrogen) atoms. The van der Waals surface area contributed by atoms with E-state index in [9.17, 15) is 9.18 Å². The van der Waals surface area contributed by atoms with Crippen LogP contribution in [0.1, 0.15) is 11.4 Å². The van der Waals surface area contributed by atoms with Crippen LogP contribution in [0.4, 0.5) is 9.18 Å². The summed E-state index contributed by atoms with van der Waals surface area (Å²) in [6, 6.07) is 14.5. The zero-order chi connectivity index (χ0) is 18.6. The highest BCUT2D eigenvalue weighted by atomic mass is 19.1. The number of benzene rings is 2. The van der Waals surface area contributed by atoms with Crippen LogP contribution >= 0.6 is 0 Å². The molecule has 0 saturated heterocycles. The molecule has 2 heterocycles. The van der Waals surface area contributed by atoms with Gasteiger partial charge in [0.05, 0.1) is 13.1 Å². The topological polar surface area (TPSA) is 64.6 Å². The van der Waals surface area contributed by atoms with Gasteiger partial charge in [-0.05, 0) is 41.5 Å². The first kappa shape index (κ1) is 17.0. The molecule has 3 aromatic rings. The minimum absolute atomic E-state index is 0.276. The molecule has 0 atom stereocenters. The molecule has 1 aromatic heterocycles. The standard InChI is InChI=1S/C20H16FN3O3/c21-13-26-17-5-2-14(3-6-17)15-4-7-18-16(10-15)11-24(20(25)27-18)12-19-22-8-1-9-23-19/h1-10H,11-13H2. The number of halogens is 1. The zero-order valence-electron chi connectivity index (χ0n) is 14.3. The van der Waals surface area contributed by atoms with Crippen molar-refractivity contribution in [1.82, 2.24) is 14.9 Å².